The number of nitrogens with zero attached hydrogens (tertiary/aromatic N) is 4. The van der Waals surface area contributed by atoms with E-state index < -0.39 is 0 Å². The molecule has 3 heterocycles. The molecule has 0 amide bonds. The first-order valence-electron chi connectivity index (χ1n) is 6.76. The molecule has 0 radical (unpaired) electrons. The van der Waals surface area contributed by atoms with Crippen molar-refractivity contribution in [2.75, 3.05) is 36.0 Å². The molecule has 0 spiro atoms. The van der Waals surface area contributed by atoms with Crippen molar-refractivity contribution in [2.24, 2.45) is 0 Å². The maximum Gasteiger partial charge on any atom is 0.227 e. The molecule has 2 saturated heterocycles. The van der Waals surface area contributed by atoms with Gasteiger partial charge in [0.15, 0.2) is 0 Å². The highest BCUT2D eigenvalue weighted by atomic mass is 16.3. The Bertz CT molecular complexity index is 425. The van der Waals surface area contributed by atoms with Crippen molar-refractivity contribution in [3.63, 3.8) is 0 Å². The van der Waals surface area contributed by atoms with Crippen LogP contribution in [0.2, 0.25) is 0 Å². The molecule has 0 bridgehead atoms. The van der Waals surface area contributed by atoms with Crippen molar-refractivity contribution in [3.05, 3.63) is 11.8 Å². The van der Waals surface area contributed by atoms with Gasteiger partial charge in [-0.05, 0) is 26.2 Å². The van der Waals surface area contributed by atoms with E-state index in [-0.39, 0.29) is 6.10 Å². The minimum Gasteiger partial charge on any atom is -0.389 e. The molecule has 2 fully saturated rings. The van der Waals surface area contributed by atoms with Gasteiger partial charge in [0.2, 0.25) is 5.95 Å². The molecule has 0 unspecified atom stereocenters. The predicted octanol–water partition coefficient (Wildman–Crippen LogP) is 0.956. The van der Waals surface area contributed by atoms with Crippen molar-refractivity contribution < 1.29 is 5.11 Å². The minimum atomic E-state index is -0.196. The molecule has 0 aromatic carbocycles. The lowest BCUT2D eigenvalue weighted by Crippen LogP contribution is -2.51. The Morgan fingerprint density at radius 2 is 1.83 bits per heavy atom. The molecule has 0 aliphatic carbocycles. The molecule has 2 aliphatic rings. The van der Waals surface area contributed by atoms with E-state index >= 15 is 0 Å². The van der Waals surface area contributed by atoms with Crippen LogP contribution in [0.4, 0.5) is 11.8 Å². The van der Waals surface area contributed by atoms with Crippen molar-refractivity contribution >= 4 is 11.8 Å². The SMILES string of the molecule is Cc1cc(N2CC(O)C2)nc(N2CCCCC2)n1. The summed E-state index contributed by atoms with van der Waals surface area (Å²) < 4.78 is 0. The smallest absolute Gasteiger partial charge is 0.227 e. The molecular weight excluding hydrogens is 228 g/mol. The number of aliphatic hydroxyl groups excluding tert-OH is 1. The standard InChI is InChI=1S/C13H20N4O/c1-10-7-12(17-8-11(18)9-17)15-13(14-10)16-5-3-2-4-6-16/h7,11,18H,2-6,8-9H2,1H3. The summed E-state index contributed by atoms with van der Waals surface area (Å²) in [6.45, 7) is 5.51. The summed E-state index contributed by atoms with van der Waals surface area (Å²) in [5.41, 5.74) is 1.00. The average Bonchev–Trinajstić information content (AvgIpc) is 2.35. The van der Waals surface area contributed by atoms with Gasteiger partial charge in [0, 0.05) is 37.9 Å². The van der Waals surface area contributed by atoms with Crippen LogP contribution in [0, 0.1) is 6.92 Å². The zero-order chi connectivity index (χ0) is 12.5. The molecule has 0 atom stereocenters. The van der Waals surface area contributed by atoms with Crippen LogP contribution in [0.3, 0.4) is 0 Å². The number of anilines is 2. The van der Waals surface area contributed by atoms with Gasteiger partial charge in [0.25, 0.3) is 0 Å². The molecule has 1 N–H and O–H groups in total. The Morgan fingerprint density at radius 3 is 2.50 bits per heavy atom. The number of hydrogen-bond acceptors (Lipinski definition) is 5. The molecule has 0 saturated carbocycles. The number of aromatic nitrogens is 2. The van der Waals surface area contributed by atoms with E-state index in [0.717, 1.165) is 30.5 Å². The first kappa shape index (κ1) is 11.7. The number of piperidine rings is 1. The fraction of sp³-hybridized carbons (Fsp3) is 0.692. The zero-order valence-corrected chi connectivity index (χ0v) is 10.8. The van der Waals surface area contributed by atoms with Crippen LogP contribution in [0.15, 0.2) is 6.07 Å². The monoisotopic (exact) mass is 248 g/mol. The van der Waals surface area contributed by atoms with Gasteiger partial charge in [-0.15, -0.1) is 0 Å². The third-order valence-corrected chi connectivity index (χ3v) is 3.65. The lowest BCUT2D eigenvalue weighted by atomic mass is 10.1. The zero-order valence-electron chi connectivity index (χ0n) is 10.8. The molecule has 1 aromatic heterocycles. The maximum absolute atomic E-state index is 9.37. The van der Waals surface area contributed by atoms with E-state index in [9.17, 15) is 5.11 Å². The van der Waals surface area contributed by atoms with Gasteiger partial charge in [-0.1, -0.05) is 0 Å². The van der Waals surface area contributed by atoms with Gasteiger partial charge >= 0.3 is 0 Å². The van der Waals surface area contributed by atoms with Crippen LogP contribution < -0.4 is 9.80 Å². The Kier molecular flexibility index (Phi) is 3.07. The van der Waals surface area contributed by atoms with Gasteiger partial charge in [-0.3, -0.25) is 0 Å². The summed E-state index contributed by atoms with van der Waals surface area (Å²) in [6.07, 6.45) is 3.58. The molecule has 18 heavy (non-hydrogen) atoms. The topological polar surface area (TPSA) is 52.5 Å². The largest absolute Gasteiger partial charge is 0.389 e. The molecular formula is C13H20N4O. The number of aliphatic hydroxyl groups is 1. The normalized spacial score (nSPS) is 21.0. The van der Waals surface area contributed by atoms with E-state index in [2.05, 4.69) is 19.8 Å². The first-order chi connectivity index (χ1) is 8.72. The predicted molar refractivity (Wildman–Crippen MR) is 71.1 cm³/mol. The first-order valence-corrected chi connectivity index (χ1v) is 6.76. The third-order valence-electron chi connectivity index (χ3n) is 3.65. The van der Waals surface area contributed by atoms with Gasteiger partial charge < -0.3 is 14.9 Å². The lowest BCUT2D eigenvalue weighted by Gasteiger charge is -2.37. The maximum atomic E-state index is 9.37. The highest BCUT2D eigenvalue weighted by Gasteiger charge is 2.26. The van der Waals surface area contributed by atoms with E-state index in [1.807, 2.05) is 13.0 Å². The number of β-amino-alcohol motifs (C(OH)–C–C–N with tert-alkyl or cyclic N) is 1. The van der Waals surface area contributed by atoms with Crippen molar-refractivity contribution in [2.45, 2.75) is 32.3 Å². The van der Waals surface area contributed by atoms with Crippen LogP contribution in [-0.4, -0.2) is 47.4 Å². The molecule has 1 aromatic rings. The summed E-state index contributed by atoms with van der Waals surface area (Å²) >= 11 is 0. The number of aryl methyl sites for hydroxylation is 1. The lowest BCUT2D eigenvalue weighted by molar-refractivity contribution is 0.141. The minimum absolute atomic E-state index is 0.196. The second-order valence-electron chi connectivity index (χ2n) is 5.27. The van der Waals surface area contributed by atoms with Crippen molar-refractivity contribution in [1.29, 1.82) is 0 Å². The summed E-state index contributed by atoms with van der Waals surface area (Å²) in [4.78, 5) is 13.6. The Labute approximate surface area is 107 Å². The highest BCUT2D eigenvalue weighted by molar-refractivity contribution is 5.48. The van der Waals surface area contributed by atoms with Gasteiger partial charge in [0.05, 0.1) is 6.10 Å². The quantitative estimate of drug-likeness (QED) is 0.844. The molecule has 98 valence electrons. The summed E-state index contributed by atoms with van der Waals surface area (Å²) in [7, 11) is 0. The second-order valence-corrected chi connectivity index (χ2v) is 5.27. The third kappa shape index (κ3) is 2.27. The fourth-order valence-electron chi connectivity index (χ4n) is 2.58. The Hall–Kier alpha value is -1.36. The van der Waals surface area contributed by atoms with Crippen LogP contribution in [0.1, 0.15) is 25.0 Å². The van der Waals surface area contributed by atoms with E-state index in [4.69, 9.17) is 0 Å². The van der Waals surface area contributed by atoms with Crippen molar-refractivity contribution in [3.8, 4) is 0 Å². The summed E-state index contributed by atoms with van der Waals surface area (Å²) in [5, 5.41) is 9.37. The van der Waals surface area contributed by atoms with E-state index in [1.54, 1.807) is 0 Å². The van der Waals surface area contributed by atoms with Crippen LogP contribution in [0.5, 0.6) is 0 Å². The van der Waals surface area contributed by atoms with Gasteiger partial charge in [-0.25, -0.2) is 4.98 Å². The highest BCUT2D eigenvalue weighted by Crippen LogP contribution is 2.23. The molecule has 5 heteroatoms. The summed E-state index contributed by atoms with van der Waals surface area (Å²) in [6, 6.07) is 2.00. The van der Waals surface area contributed by atoms with Crippen molar-refractivity contribution in [1.82, 2.24) is 9.97 Å². The average molecular weight is 248 g/mol. The van der Waals surface area contributed by atoms with Crippen LogP contribution in [0.25, 0.3) is 0 Å². The number of rotatable bonds is 2. The molecule has 3 rings (SSSR count). The fourth-order valence-corrected chi connectivity index (χ4v) is 2.58. The Balaban J connectivity index is 1.81. The molecule has 2 aliphatic heterocycles. The summed E-state index contributed by atoms with van der Waals surface area (Å²) in [5.74, 6) is 1.81. The van der Waals surface area contributed by atoms with Crippen LogP contribution >= 0.6 is 0 Å². The Morgan fingerprint density at radius 1 is 1.11 bits per heavy atom. The second kappa shape index (κ2) is 4.72. The van der Waals surface area contributed by atoms with E-state index in [0.29, 0.717) is 13.1 Å². The van der Waals surface area contributed by atoms with Gasteiger partial charge in [-0.2, -0.15) is 4.98 Å². The molecule has 5 nitrogen and oxygen atoms in total. The van der Waals surface area contributed by atoms with E-state index in [1.165, 1.54) is 19.3 Å². The number of hydrogen-bond donors (Lipinski definition) is 1. The van der Waals surface area contributed by atoms with Crippen LogP contribution in [-0.2, 0) is 0 Å². The van der Waals surface area contributed by atoms with Gasteiger partial charge in [0.1, 0.15) is 5.82 Å².